The SMILES string of the molecule is CCCCOCCOCCNC(=NC)NCCN(C)CC. The fourth-order valence-electron chi connectivity index (χ4n) is 1.55. The third-order valence-electron chi connectivity index (χ3n) is 3.10. The highest BCUT2D eigenvalue weighted by molar-refractivity contribution is 5.79. The van der Waals surface area contributed by atoms with Crippen molar-refractivity contribution in [3.05, 3.63) is 0 Å². The summed E-state index contributed by atoms with van der Waals surface area (Å²) in [6.45, 7) is 10.8. The van der Waals surface area contributed by atoms with Crippen LogP contribution in [-0.4, -0.2) is 77.6 Å². The predicted octanol–water partition coefficient (Wildman–Crippen LogP) is 0.936. The lowest BCUT2D eigenvalue weighted by molar-refractivity contribution is 0.0487. The molecule has 0 radical (unpaired) electrons. The van der Waals surface area contributed by atoms with E-state index >= 15 is 0 Å². The number of guanidine groups is 1. The zero-order valence-electron chi connectivity index (χ0n) is 14.3. The van der Waals surface area contributed by atoms with Gasteiger partial charge in [0.1, 0.15) is 0 Å². The standard InChI is InChI=1S/C15H34N4O2/c1-5-7-11-20-13-14-21-12-9-18-15(16-3)17-8-10-19(4)6-2/h5-14H2,1-4H3,(H2,16,17,18). The van der Waals surface area contributed by atoms with Gasteiger partial charge in [0.25, 0.3) is 0 Å². The summed E-state index contributed by atoms with van der Waals surface area (Å²) in [5, 5.41) is 6.50. The van der Waals surface area contributed by atoms with E-state index in [2.05, 4.69) is 41.4 Å². The summed E-state index contributed by atoms with van der Waals surface area (Å²) in [6, 6.07) is 0. The first kappa shape index (κ1) is 20.1. The van der Waals surface area contributed by atoms with Crippen LogP contribution >= 0.6 is 0 Å². The van der Waals surface area contributed by atoms with E-state index in [1.54, 1.807) is 7.05 Å². The summed E-state index contributed by atoms with van der Waals surface area (Å²) in [6.07, 6.45) is 2.29. The Morgan fingerprint density at radius 1 is 1.00 bits per heavy atom. The van der Waals surface area contributed by atoms with Crippen LogP contribution in [-0.2, 0) is 9.47 Å². The van der Waals surface area contributed by atoms with Gasteiger partial charge in [-0.1, -0.05) is 20.3 Å². The van der Waals surface area contributed by atoms with Crippen molar-refractivity contribution in [2.75, 3.05) is 66.7 Å². The second-order valence-corrected chi connectivity index (χ2v) is 4.90. The second kappa shape index (κ2) is 15.5. The molecule has 0 fully saturated rings. The number of ether oxygens (including phenoxy) is 2. The molecule has 0 aliphatic carbocycles. The Labute approximate surface area is 130 Å². The van der Waals surface area contributed by atoms with Gasteiger partial charge in [-0.2, -0.15) is 0 Å². The molecule has 0 aliphatic rings. The number of unbranched alkanes of at least 4 members (excludes halogenated alkanes) is 1. The van der Waals surface area contributed by atoms with Crippen molar-refractivity contribution >= 4 is 5.96 Å². The molecule has 2 N–H and O–H groups in total. The first-order valence-electron chi connectivity index (χ1n) is 8.03. The molecular formula is C15H34N4O2. The highest BCUT2D eigenvalue weighted by atomic mass is 16.5. The van der Waals surface area contributed by atoms with Crippen molar-refractivity contribution in [2.45, 2.75) is 26.7 Å². The number of nitrogens with zero attached hydrogens (tertiary/aromatic N) is 2. The Balaban J connectivity index is 3.39. The topological polar surface area (TPSA) is 58.1 Å². The second-order valence-electron chi connectivity index (χ2n) is 4.90. The van der Waals surface area contributed by atoms with Gasteiger partial charge in [0.2, 0.25) is 0 Å². The molecule has 6 heteroatoms. The van der Waals surface area contributed by atoms with E-state index in [-0.39, 0.29) is 0 Å². The van der Waals surface area contributed by atoms with Gasteiger partial charge in [-0.3, -0.25) is 4.99 Å². The van der Waals surface area contributed by atoms with Crippen molar-refractivity contribution in [3.8, 4) is 0 Å². The summed E-state index contributed by atoms with van der Waals surface area (Å²) < 4.78 is 10.9. The van der Waals surface area contributed by atoms with Crippen molar-refractivity contribution in [3.63, 3.8) is 0 Å². The number of likely N-dealkylation sites (N-methyl/N-ethyl adjacent to an activating group) is 1. The minimum Gasteiger partial charge on any atom is -0.379 e. The summed E-state index contributed by atoms with van der Waals surface area (Å²) in [4.78, 5) is 6.43. The smallest absolute Gasteiger partial charge is 0.191 e. The molecule has 0 spiro atoms. The summed E-state index contributed by atoms with van der Waals surface area (Å²) in [5.41, 5.74) is 0. The zero-order valence-corrected chi connectivity index (χ0v) is 14.3. The van der Waals surface area contributed by atoms with E-state index in [1.165, 1.54) is 6.42 Å². The van der Waals surface area contributed by atoms with Crippen LogP contribution in [0.1, 0.15) is 26.7 Å². The van der Waals surface area contributed by atoms with Crippen LogP contribution in [0.4, 0.5) is 0 Å². The maximum absolute atomic E-state index is 5.49. The molecule has 21 heavy (non-hydrogen) atoms. The van der Waals surface area contributed by atoms with Crippen LogP contribution in [0.2, 0.25) is 0 Å². The first-order chi connectivity index (χ1) is 10.2. The number of hydrogen-bond acceptors (Lipinski definition) is 4. The molecule has 0 bridgehead atoms. The van der Waals surface area contributed by atoms with Crippen LogP contribution in [0.25, 0.3) is 0 Å². The van der Waals surface area contributed by atoms with Crippen LogP contribution in [0.3, 0.4) is 0 Å². The fourth-order valence-corrected chi connectivity index (χ4v) is 1.55. The van der Waals surface area contributed by atoms with E-state index < -0.39 is 0 Å². The van der Waals surface area contributed by atoms with Crippen molar-refractivity contribution in [2.24, 2.45) is 4.99 Å². The van der Waals surface area contributed by atoms with Gasteiger partial charge >= 0.3 is 0 Å². The van der Waals surface area contributed by atoms with Gasteiger partial charge < -0.3 is 25.0 Å². The molecule has 0 aliphatic heterocycles. The molecule has 0 rings (SSSR count). The maximum Gasteiger partial charge on any atom is 0.191 e. The monoisotopic (exact) mass is 302 g/mol. The Kier molecular flexibility index (Phi) is 14.9. The summed E-state index contributed by atoms with van der Waals surface area (Å²) in [5.74, 6) is 0.822. The molecule has 0 aromatic heterocycles. The molecule has 0 heterocycles. The highest BCUT2D eigenvalue weighted by Gasteiger charge is 1.98. The molecule has 0 atom stereocenters. The molecule has 126 valence electrons. The van der Waals surface area contributed by atoms with E-state index in [9.17, 15) is 0 Å². The van der Waals surface area contributed by atoms with Crippen LogP contribution in [0.15, 0.2) is 4.99 Å². The number of rotatable bonds is 13. The lowest BCUT2D eigenvalue weighted by atomic mass is 10.4. The van der Waals surface area contributed by atoms with E-state index in [0.717, 1.165) is 45.2 Å². The Morgan fingerprint density at radius 3 is 2.29 bits per heavy atom. The normalized spacial score (nSPS) is 12.0. The minimum absolute atomic E-state index is 0.652. The van der Waals surface area contributed by atoms with Crippen LogP contribution in [0, 0.1) is 0 Å². The fraction of sp³-hybridized carbons (Fsp3) is 0.933. The molecule has 0 unspecified atom stereocenters. The molecule has 0 saturated heterocycles. The lowest BCUT2D eigenvalue weighted by Crippen LogP contribution is -2.42. The largest absolute Gasteiger partial charge is 0.379 e. The van der Waals surface area contributed by atoms with Gasteiger partial charge in [0.05, 0.1) is 19.8 Å². The first-order valence-corrected chi connectivity index (χ1v) is 8.03. The molecule has 0 aromatic rings. The molecule has 0 amide bonds. The van der Waals surface area contributed by atoms with Crippen LogP contribution in [0.5, 0.6) is 0 Å². The van der Waals surface area contributed by atoms with Gasteiger partial charge in [0.15, 0.2) is 5.96 Å². The Bertz CT molecular complexity index is 250. The average Bonchev–Trinajstić information content (AvgIpc) is 2.51. The van der Waals surface area contributed by atoms with Crippen molar-refractivity contribution < 1.29 is 9.47 Å². The van der Waals surface area contributed by atoms with Crippen molar-refractivity contribution in [1.29, 1.82) is 0 Å². The van der Waals surface area contributed by atoms with Crippen molar-refractivity contribution in [1.82, 2.24) is 15.5 Å². The Morgan fingerprint density at radius 2 is 1.67 bits per heavy atom. The highest BCUT2D eigenvalue weighted by Crippen LogP contribution is 1.87. The lowest BCUT2D eigenvalue weighted by Gasteiger charge is -2.16. The average molecular weight is 302 g/mol. The molecule has 6 nitrogen and oxygen atoms in total. The summed E-state index contributed by atoms with van der Waals surface area (Å²) in [7, 11) is 3.88. The van der Waals surface area contributed by atoms with Gasteiger partial charge in [-0.15, -0.1) is 0 Å². The predicted molar refractivity (Wildman–Crippen MR) is 89.1 cm³/mol. The minimum atomic E-state index is 0.652. The van der Waals surface area contributed by atoms with E-state index in [4.69, 9.17) is 9.47 Å². The molecular weight excluding hydrogens is 268 g/mol. The van der Waals surface area contributed by atoms with E-state index in [0.29, 0.717) is 19.8 Å². The van der Waals surface area contributed by atoms with Gasteiger partial charge in [-0.25, -0.2) is 0 Å². The third-order valence-corrected chi connectivity index (χ3v) is 3.10. The molecule has 0 saturated carbocycles. The zero-order chi connectivity index (χ0) is 15.8. The molecule has 0 aromatic carbocycles. The number of aliphatic imine (C=N–C) groups is 1. The van der Waals surface area contributed by atoms with Gasteiger partial charge in [0, 0.05) is 33.3 Å². The van der Waals surface area contributed by atoms with Gasteiger partial charge in [-0.05, 0) is 20.0 Å². The van der Waals surface area contributed by atoms with E-state index in [1.807, 2.05) is 0 Å². The summed E-state index contributed by atoms with van der Waals surface area (Å²) >= 11 is 0. The third kappa shape index (κ3) is 13.9. The number of nitrogens with one attached hydrogen (secondary N) is 2. The maximum atomic E-state index is 5.49. The number of hydrogen-bond donors (Lipinski definition) is 2. The van der Waals surface area contributed by atoms with Crippen LogP contribution < -0.4 is 10.6 Å². The quantitative estimate of drug-likeness (QED) is 0.301. The Hall–Kier alpha value is -0.850.